The highest BCUT2D eigenvalue weighted by molar-refractivity contribution is 5.83. The van der Waals surface area contributed by atoms with Crippen molar-refractivity contribution in [1.82, 2.24) is 9.55 Å². The van der Waals surface area contributed by atoms with Gasteiger partial charge in [0.05, 0.1) is 11.9 Å². The molecule has 1 aromatic carbocycles. The van der Waals surface area contributed by atoms with Crippen molar-refractivity contribution in [3.63, 3.8) is 0 Å². The summed E-state index contributed by atoms with van der Waals surface area (Å²) in [6, 6.07) is 9.99. The lowest BCUT2D eigenvalue weighted by Crippen LogP contribution is -2.10. The molecule has 0 unspecified atom stereocenters. The molecule has 2 rings (SSSR count). The summed E-state index contributed by atoms with van der Waals surface area (Å²) in [6.45, 7) is 2.27. The standard InChI is InChI=1S/C27H40N2O/c1-2-3-4-5-6-7-8-9-10-11-12-13-14-15-19-22-27(30)29-24-28-23-26(29)25-20-17-16-18-21-25/h9-10,16-18,20-21,23-24H,2-8,11-15,19,22H2,1H3/b10-9-. The van der Waals surface area contributed by atoms with E-state index in [-0.39, 0.29) is 5.91 Å². The first-order valence-corrected chi connectivity index (χ1v) is 12.1. The van der Waals surface area contributed by atoms with Crippen LogP contribution in [-0.4, -0.2) is 15.5 Å². The quantitative estimate of drug-likeness (QED) is 0.207. The van der Waals surface area contributed by atoms with Crippen LogP contribution in [0.15, 0.2) is 55.0 Å². The van der Waals surface area contributed by atoms with E-state index in [9.17, 15) is 4.79 Å². The lowest BCUT2D eigenvalue weighted by molar-refractivity contribution is 0.0900. The number of carbonyl (C=O) groups excluding carboxylic acids is 1. The lowest BCUT2D eigenvalue weighted by atomic mass is 10.1. The van der Waals surface area contributed by atoms with Crippen molar-refractivity contribution in [2.24, 2.45) is 0 Å². The Bertz CT molecular complexity index is 717. The minimum atomic E-state index is 0.143. The maximum Gasteiger partial charge on any atom is 0.232 e. The van der Waals surface area contributed by atoms with E-state index in [1.165, 1.54) is 70.6 Å². The van der Waals surface area contributed by atoms with Crippen molar-refractivity contribution in [2.45, 2.75) is 96.8 Å². The number of carbonyl (C=O) groups is 1. The topological polar surface area (TPSA) is 34.9 Å². The number of allylic oxidation sites excluding steroid dienone is 2. The normalized spacial score (nSPS) is 11.4. The number of nitrogens with zero attached hydrogens (tertiary/aromatic N) is 2. The fourth-order valence-corrected chi connectivity index (χ4v) is 3.78. The summed E-state index contributed by atoms with van der Waals surface area (Å²) in [5, 5.41) is 0. The predicted molar refractivity (Wildman–Crippen MR) is 128 cm³/mol. The molecule has 0 fully saturated rings. The third-order valence-electron chi connectivity index (χ3n) is 5.63. The molecule has 1 aromatic heterocycles. The summed E-state index contributed by atoms with van der Waals surface area (Å²) in [7, 11) is 0. The SMILES string of the molecule is CCCCCCCC/C=C\CCCCCCCC(=O)n1cncc1-c1ccccc1. The second kappa shape index (κ2) is 15.6. The Morgan fingerprint density at radius 1 is 0.833 bits per heavy atom. The Morgan fingerprint density at radius 3 is 2.10 bits per heavy atom. The second-order valence-electron chi connectivity index (χ2n) is 8.24. The summed E-state index contributed by atoms with van der Waals surface area (Å²) < 4.78 is 1.70. The van der Waals surface area contributed by atoms with Gasteiger partial charge in [-0.1, -0.05) is 101 Å². The molecular weight excluding hydrogens is 368 g/mol. The summed E-state index contributed by atoms with van der Waals surface area (Å²) in [5.74, 6) is 0.143. The van der Waals surface area contributed by atoms with E-state index < -0.39 is 0 Å². The zero-order valence-electron chi connectivity index (χ0n) is 18.9. The van der Waals surface area contributed by atoms with Crippen LogP contribution >= 0.6 is 0 Å². The lowest BCUT2D eigenvalue weighted by Gasteiger charge is -2.07. The third-order valence-corrected chi connectivity index (χ3v) is 5.63. The third kappa shape index (κ3) is 9.56. The molecular formula is C27H40N2O. The van der Waals surface area contributed by atoms with Crippen molar-refractivity contribution in [1.29, 1.82) is 0 Å². The van der Waals surface area contributed by atoms with Crippen LogP contribution in [-0.2, 0) is 0 Å². The summed E-state index contributed by atoms with van der Waals surface area (Å²) in [6.07, 6.45) is 25.3. The van der Waals surface area contributed by atoms with Gasteiger partial charge in [-0.3, -0.25) is 9.36 Å². The van der Waals surface area contributed by atoms with E-state index in [1.54, 1.807) is 17.1 Å². The van der Waals surface area contributed by atoms with Crippen LogP contribution in [0.5, 0.6) is 0 Å². The molecule has 0 saturated carbocycles. The molecule has 1 heterocycles. The van der Waals surface area contributed by atoms with Gasteiger partial charge in [-0.15, -0.1) is 0 Å². The van der Waals surface area contributed by atoms with E-state index in [0.717, 1.165) is 24.1 Å². The number of aromatic nitrogens is 2. The van der Waals surface area contributed by atoms with Gasteiger partial charge in [0, 0.05) is 12.0 Å². The Balaban J connectivity index is 1.48. The second-order valence-corrected chi connectivity index (χ2v) is 8.24. The van der Waals surface area contributed by atoms with Crippen molar-refractivity contribution in [3.8, 4) is 11.3 Å². The first-order chi connectivity index (χ1) is 14.8. The van der Waals surface area contributed by atoms with Gasteiger partial charge < -0.3 is 0 Å². The van der Waals surface area contributed by atoms with E-state index in [2.05, 4.69) is 24.1 Å². The van der Waals surface area contributed by atoms with E-state index in [4.69, 9.17) is 0 Å². The highest BCUT2D eigenvalue weighted by atomic mass is 16.2. The molecule has 0 atom stereocenters. The molecule has 0 aliphatic rings. The monoisotopic (exact) mass is 408 g/mol. The number of benzene rings is 1. The fourth-order valence-electron chi connectivity index (χ4n) is 3.78. The molecule has 0 aliphatic carbocycles. The van der Waals surface area contributed by atoms with E-state index in [0.29, 0.717) is 6.42 Å². The first kappa shape index (κ1) is 24.1. The number of hydrogen-bond acceptors (Lipinski definition) is 2. The molecule has 0 radical (unpaired) electrons. The smallest absolute Gasteiger partial charge is 0.232 e. The van der Waals surface area contributed by atoms with Crippen molar-refractivity contribution in [2.75, 3.05) is 0 Å². The van der Waals surface area contributed by atoms with Crippen LogP contribution in [0.4, 0.5) is 0 Å². The summed E-state index contributed by atoms with van der Waals surface area (Å²) in [5.41, 5.74) is 1.92. The minimum absolute atomic E-state index is 0.143. The highest BCUT2D eigenvalue weighted by Gasteiger charge is 2.11. The van der Waals surface area contributed by atoms with E-state index >= 15 is 0 Å². The number of rotatable bonds is 16. The Hall–Kier alpha value is -2.16. The number of imidazole rings is 1. The maximum absolute atomic E-state index is 12.5. The zero-order valence-corrected chi connectivity index (χ0v) is 18.9. The van der Waals surface area contributed by atoms with Crippen molar-refractivity contribution >= 4 is 5.91 Å². The molecule has 0 amide bonds. The molecule has 2 aromatic rings. The molecule has 0 aliphatic heterocycles. The fraction of sp³-hybridized carbons (Fsp3) is 0.556. The molecule has 0 bridgehead atoms. The van der Waals surface area contributed by atoms with Gasteiger partial charge >= 0.3 is 0 Å². The highest BCUT2D eigenvalue weighted by Crippen LogP contribution is 2.19. The molecule has 0 saturated heterocycles. The van der Waals surface area contributed by atoms with Crippen LogP contribution < -0.4 is 0 Å². The van der Waals surface area contributed by atoms with Gasteiger partial charge in [0.15, 0.2) is 0 Å². The maximum atomic E-state index is 12.5. The zero-order chi connectivity index (χ0) is 21.3. The Morgan fingerprint density at radius 2 is 1.43 bits per heavy atom. The van der Waals surface area contributed by atoms with Crippen molar-refractivity contribution < 1.29 is 4.79 Å². The van der Waals surface area contributed by atoms with Gasteiger partial charge in [0.2, 0.25) is 5.91 Å². The van der Waals surface area contributed by atoms with Crippen LogP contribution in [0.25, 0.3) is 11.3 Å². The Kier molecular flexibility index (Phi) is 12.6. The molecule has 3 nitrogen and oxygen atoms in total. The molecule has 30 heavy (non-hydrogen) atoms. The summed E-state index contributed by atoms with van der Waals surface area (Å²) in [4.78, 5) is 16.7. The van der Waals surface area contributed by atoms with E-state index in [1.807, 2.05) is 30.3 Å². The largest absolute Gasteiger partial charge is 0.274 e. The van der Waals surface area contributed by atoms with Crippen molar-refractivity contribution in [3.05, 3.63) is 55.0 Å². The number of unbranched alkanes of at least 4 members (excludes halogenated alkanes) is 11. The first-order valence-electron chi connectivity index (χ1n) is 12.1. The average Bonchev–Trinajstić information content (AvgIpc) is 3.27. The Labute approximate surface area is 183 Å². The molecule has 164 valence electrons. The minimum Gasteiger partial charge on any atom is -0.274 e. The van der Waals surface area contributed by atoms with Crippen LogP contribution in [0.2, 0.25) is 0 Å². The van der Waals surface area contributed by atoms with Gasteiger partial charge in [-0.25, -0.2) is 4.98 Å². The molecule has 0 N–H and O–H groups in total. The van der Waals surface area contributed by atoms with Gasteiger partial charge in [-0.05, 0) is 32.1 Å². The van der Waals surface area contributed by atoms with Gasteiger partial charge in [-0.2, -0.15) is 0 Å². The molecule has 0 spiro atoms. The van der Waals surface area contributed by atoms with Gasteiger partial charge in [0.25, 0.3) is 0 Å². The number of hydrogen-bond donors (Lipinski definition) is 0. The average molecular weight is 409 g/mol. The molecule has 3 heteroatoms. The van der Waals surface area contributed by atoms with Crippen LogP contribution in [0.3, 0.4) is 0 Å². The van der Waals surface area contributed by atoms with Crippen LogP contribution in [0, 0.1) is 0 Å². The summed E-state index contributed by atoms with van der Waals surface area (Å²) >= 11 is 0. The van der Waals surface area contributed by atoms with Gasteiger partial charge in [0.1, 0.15) is 6.33 Å². The predicted octanol–water partition coefficient (Wildman–Crippen LogP) is 8.23. The van der Waals surface area contributed by atoms with Crippen LogP contribution in [0.1, 0.15) is 102 Å².